The summed E-state index contributed by atoms with van der Waals surface area (Å²) in [7, 11) is -4.02. The molecule has 2 aromatic carbocycles. The Morgan fingerprint density at radius 1 is 0.968 bits per heavy atom. The van der Waals surface area contributed by atoms with E-state index < -0.39 is 21.3 Å². The summed E-state index contributed by atoms with van der Waals surface area (Å²) in [5.41, 5.74) is 2.86. The number of amides is 1. The number of nitrogens with one attached hydrogen (secondary N) is 1. The Morgan fingerprint density at radius 2 is 1.58 bits per heavy atom. The van der Waals surface area contributed by atoms with E-state index in [2.05, 4.69) is 5.32 Å². The molecular formula is C24H26N2O4S. The van der Waals surface area contributed by atoms with E-state index in [4.69, 9.17) is 0 Å². The average molecular weight is 439 g/mol. The lowest BCUT2D eigenvalue weighted by atomic mass is 10.1. The topological polar surface area (TPSA) is 85.2 Å². The van der Waals surface area contributed by atoms with Crippen LogP contribution in [0.25, 0.3) is 0 Å². The zero-order valence-corrected chi connectivity index (χ0v) is 18.9. The third-order valence-electron chi connectivity index (χ3n) is 5.20. The van der Waals surface area contributed by atoms with Gasteiger partial charge in [-0.1, -0.05) is 36.8 Å². The number of nitrogens with zero attached hydrogens (tertiary/aromatic N) is 1. The van der Waals surface area contributed by atoms with Gasteiger partial charge < -0.3 is 9.88 Å². The van der Waals surface area contributed by atoms with Crippen molar-refractivity contribution in [1.82, 2.24) is 4.57 Å². The maximum absolute atomic E-state index is 13.2. The molecule has 1 N–H and O–H groups in total. The first-order chi connectivity index (χ1) is 14.6. The van der Waals surface area contributed by atoms with E-state index in [9.17, 15) is 18.0 Å². The van der Waals surface area contributed by atoms with Crippen LogP contribution in [-0.2, 0) is 27.6 Å². The molecule has 1 heterocycles. The van der Waals surface area contributed by atoms with Crippen molar-refractivity contribution in [3.63, 3.8) is 0 Å². The maximum Gasteiger partial charge on any atom is 0.270 e. The lowest BCUT2D eigenvalue weighted by Crippen LogP contribution is -2.33. The molecule has 0 atom stereocenters. The fourth-order valence-corrected chi connectivity index (χ4v) is 4.99. The van der Waals surface area contributed by atoms with Gasteiger partial charge in [-0.3, -0.25) is 9.59 Å². The van der Waals surface area contributed by atoms with Crippen molar-refractivity contribution in [3.8, 4) is 0 Å². The van der Waals surface area contributed by atoms with Crippen LogP contribution in [0.1, 0.15) is 29.3 Å². The molecule has 0 bridgehead atoms. The zero-order valence-electron chi connectivity index (χ0n) is 18.1. The fourth-order valence-electron chi connectivity index (χ4n) is 3.43. The second-order valence-electron chi connectivity index (χ2n) is 7.60. The Morgan fingerprint density at radius 3 is 2.16 bits per heavy atom. The highest BCUT2D eigenvalue weighted by Gasteiger charge is 2.26. The van der Waals surface area contributed by atoms with Crippen molar-refractivity contribution in [2.45, 2.75) is 50.5 Å². The van der Waals surface area contributed by atoms with Crippen LogP contribution >= 0.6 is 0 Å². The molecule has 1 amide bonds. The first-order valence-electron chi connectivity index (χ1n) is 10.0. The molecule has 3 rings (SSSR count). The SMILES string of the molecule is CCc1ccc(NC(=O)Cn2c(C)cc(C)c(S(=O)(=O)c3ccc(C)cc3)c2=O)cc1. The molecular weight excluding hydrogens is 412 g/mol. The minimum atomic E-state index is -4.02. The van der Waals surface area contributed by atoms with Crippen LogP contribution in [0.3, 0.4) is 0 Å². The summed E-state index contributed by atoms with van der Waals surface area (Å²) in [6.45, 7) is 6.89. The van der Waals surface area contributed by atoms with Crippen LogP contribution in [0, 0.1) is 20.8 Å². The van der Waals surface area contributed by atoms with Crippen LogP contribution in [0.2, 0.25) is 0 Å². The van der Waals surface area contributed by atoms with E-state index >= 15 is 0 Å². The molecule has 1 aromatic heterocycles. The van der Waals surface area contributed by atoms with E-state index in [1.807, 2.05) is 26.0 Å². The van der Waals surface area contributed by atoms with Gasteiger partial charge in [0.25, 0.3) is 5.56 Å². The molecule has 0 radical (unpaired) electrons. The van der Waals surface area contributed by atoms with Gasteiger partial charge in [0.05, 0.1) is 4.90 Å². The van der Waals surface area contributed by atoms with Gasteiger partial charge in [-0.05, 0) is 68.7 Å². The second kappa shape index (κ2) is 8.89. The van der Waals surface area contributed by atoms with Crippen LogP contribution in [-0.4, -0.2) is 18.9 Å². The monoisotopic (exact) mass is 438 g/mol. The van der Waals surface area contributed by atoms with Gasteiger partial charge in [0.1, 0.15) is 11.4 Å². The normalized spacial score (nSPS) is 11.4. The third kappa shape index (κ3) is 4.77. The predicted molar refractivity (Wildman–Crippen MR) is 121 cm³/mol. The van der Waals surface area contributed by atoms with Crippen LogP contribution in [0.5, 0.6) is 0 Å². The van der Waals surface area contributed by atoms with Crippen molar-refractivity contribution in [2.75, 3.05) is 5.32 Å². The lowest BCUT2D eigenvalue weighted by Gasteiger charge is -2.15. The Bertz CT molecular complexity index is 1270. The van der Waals surface area contributed by atoms with Crippen molar-refractivity contribution in [1.29, 1.82) is 0 Å². The molecule has 0 fully saturated rings. The highest BCUT2D eigenvalue weighted by atomic mass is 32.2. The Balaban J connectivity index is 1.95. The van der Waals surface area contributed by atoms with Gasteiger partial charge in [0.2, 0.25) is 15.7 Å². The van der Waals surface area contributed by atoms with Crippen LogP contribution < -0.4 is 10.9 Å². The predicted octanol–water partition coefficient (Wildman–Crippen LogP) is 3.81. The summed E-state index contributed by atoms with van der Waals surface area (Å²) in [5, 5.41) is 2.76. The molecule has 0 aliphatic heterocycles. The third-order valence-corrected chi connectivity index (χ3v) is 7.12. The number of carbonyl (C=O) groups excluding carboxylic acids is 1. The fraction of sp³-hybridized carbons (Fsp3) is 0.250. The molecule has 0 spiro atoms. The number of aromatic nitrogens is 1. The first-order valence-corrected chi connectivity index (χ1v) is 11.5. The Kier molecular flexibility index (Phi) is 6.45. The molecule has 0 saturated carbocycles. The Hall–Kier alpha value is -3.19. The number of hydrogen-bond donors (Lipinski definition) is 1. The first kappa shape index (κ1) is 22.5. The van der Waals surface area contributed by atoms with Crippen LogP contribution in [0.15, 0.2) is 69.2 Å². The molecule has 3 aromatic rings. The van der Waals surface area contributed by atoms with Gasteiger partial charge in [0.15, 0.2) is 0 Å². The lowest BCUT2D eigenvalue weighted by molar-refractivity contribution is -0.116. The number of pyridine rings is 1. The molecule has 0 saturated heterocycles. The van der Waals surface area contributed by atoms with Gasteiger partial charge >= 0.3 is 0 Å². The maximum atomic E-state index is 13.2. The second-order valence-corrected chi connectivity index (χ2v) is 9.49. The molecule has 0 aliphatic carbocycles. The standard InChI is InChI=1S/C24H26N2O4S/c1-5-19-8-10-20(11-9-19)25-22(27)15-26-18(4)14-17(3)23(24(26)28)31(29,30)21-12-6-16(2)7-13-21/h6-14H,5,15H2,1-4H3,(H,25,27). The molecule has 162 valence electrons. The molecule has 7 heteroatoms. The quantitative estimate of drug-likeness (QED) is 0.634. The summed E-state index contributed by atoms with van der Waals surface area (Å²) in [4.78, 5) is 25.5. The van der Waals surface area contributed by atoms with E-state index in [1.54, 1.807) is 44.2 Å². The summed E-state index contributed by atoms with van der Waals surface area (Å²) in [6, 6.07) is 15.4. The number of anilines is 1. The Labute approximate surface area is 182 Å². The minimum absolute atomic E-state index is 0.0502. The minimum Gasteiger partial charge on any atom is -0.325 e. The van der Waals surface area contributed by atoms with E-state index in [0.29, 0.717) is 16.9 Å². The zero-order chi connectivity index (χ0) is 22.8. The van der Waals surface area contributed by atoms with E-state index in [0.717, 1.165) is 17.5 Å². The molecule has 0 aliphatic rings. The number of benzene rings is 2. The number of hydrogen-bond acceptors (Lipinski definition) is 4. The van der Waals surface area contributed by atoms with Crippen molar-refractivity contribution in [2.24, 2.45) is 0 Å². The average Bonchev–Trinajstić information content (AvgIpc) is 2.71. The summed E-state index contributed by atoms with van der Waals surface area (Å²) in [6.07, 6.45) is 0.893. The number of aryl methyl sites for hydroxylation is 4. The number of rotatable bonds is 6. The van der Waals surface area contributed by atoms with Crippen LogP contribution in [0.4, 0.5) is 5.69 Å². The number of sulfone groups is 1. The largest absolute Gasteiger partial charge is 0.325 e. The molecule has 6 nitrogen and oxygen atoms in total. The van der Waals surface area contributed by atoms with E-state index in [1.165, 1.54) is 16.7 Å². The summed E-state index contributed by atoms with van der Waals surface area (Å²) >= 11 is 0. The van der Waals surface area contributed by atoms with Crippen molar-refractivity contribution < 1.29 is 13.2 Å². The number of carbonyl (C=O) groups is 1. The van der Waals surface area contributed by atoms with E-state index in [-0.39, 0.29) is 16.3 Å². The van der Waals surface area contributed by atoms with Gasteiger partial charge in [-0.25, -0.2) is 8.42 Å². The van der Waals surface area contributed by atoms with Gasteiger partial charge in [-0.2, -0.15) is 0 Å². The molecule has 0 unspecified atom stereocenters. The summed E-state index contributed by atoms with van der Waals surface area (Å²) < 4.78 is 27.5. The van der Waals surface area contributed by atoms with Crippen molar-refractivity contribution in [3.05, 3.63) is 87.3 Å². The van der Waals surface area contributed by atoms with Gasteiger partial charge in [-0.15, -0.1) is 0 Å². The smallest absolute Gasteiger partial charge is 0.270 e. The highest BCUT2D eigenvalue weighted by Crippen LogP contribution is 2.22. The molecule has 31 heavy (non-hydrogen) atoms. The highest BCUT2D eigenvalue weighted by molar-refractivity contribution is 7.91. The van der Waals surface area contributed by atoms with Gasteiger partial charge in [0, 0.05) is 11.4 Å². The summed E-state index contributed by atoms with van der Waals surface area (Å²) in [5.74, 6) is -0.406. The van der Waals surface area contributed by atoms with Crippen molar-refractivity contribution >= 4 is 21.4 Å².